The van der Waals surface area contributed by atoms with E-state index >= 15 is 0 Å². The number of benzene rings is 10. The van der Waals surface area contributed by atoms with Gasteiger partial charge in [-0.25, -0.2) is 0 Å². The van der Waals surface area contributed by atoms with Crippen LogP contribution in [0.4, 0.5) is 0 Å². The average Bonchev–Trinajstić information content (AvgIpc) is 3.81. The van der Waals surface area contributed by atoms with Gasteiger partial charge < -0.3 is 0 Å². The van der Waals surface area contributed by atoms with Crippen LogP contribution in [-0.2, 0) is 0 Å². The Bertz CT molecular complexity index is 3430. The summed E-state index contributed by atoms with van der Waals surface area (Å²) in [5, 5.41) is 15.7. The highest BCUT2D eigenvalue weighted by Gasteiger charge is 2.21. The van der Waals surface area contributed by atoms with Crippen molar-refractivity contribution in [1.82, 2.24) is 0 Å². The molecule has 0 amide bonds. The second-order valence-corrected chi connectivity index (χ2v) is 16.4. The average molecular weight is 719 g/mol. The molecule has 0 bridgehead atoms. The largest absolute Gasteiger partial charge is 0.135 e. The van der Waals surface area contributed by atoms with Gasteiger partial charge in [0.2, 0.25) is 0 Å². The van der Waals surface area contributed by atoms with Crippen LogP contribution in [-0.4, -0.2) is 0 Å². The maximum Gasteiger partial charge on any atom is 0.0448 e. The van der Waals surface area contributed by atoms with Gasteiger partial charge in [-0.05, 0) is 101 Å². The Morgan fingerprint density at radius 2 is 0.833 bits per heavy atom. The molecule has 0 unspecified atom stereocenters. The molecule has 12 rings (SSSR count). The Balaban J connectivity index is 1.13. The summed E-state index contributed by atoms with van der Waals surface area (Å²) in [6.07, 6.45) is 0. The zero-order valence-corrected chi connectivity index (χ0v) is 30.8. The normalized spacial score (nSPS) is 12.1. The molecule has 54 heavy (non-hydrogen) atoms. The summed E-state index contributed by atoms with van der Waals surface area (Å²) in [6, 6.07) is 67.7. The summed E-state index contributed by atoms with van der Waals surface area (Å²) in [5.74, 6) is 0. The third kappa shape index (κ3) is 4.30. The lowest BCUT2D eigenvalue weighted by molar-refractivity contribution is 1.64. The minimum absolute atomic E-state index is 1.24. The molecule has 0 nitrogen and oxygen atoms in total. The Kier molecular flexibility index (Phi) is 6.48. The Labute approximate surface area is 319 Å². The number of fused-ring (bicyclic) bond motifs is 12. The van der Waals surface area contributed by atoms with Gasteiger partial charge in [0.25, 0.3) is 0 Å². The molecular weight excluding hydrogens is 689 g/mol. The van der Waals surface area contributed by atoms with Gasteiger partial charge in [-0.2, -0.15) is 0 Å². The second kappa shape index (κ2) is 11.6. The molecule has 2 heteroatoms. The fraction of sp³-hybridized carbons (Fsp3) is 0. The Morgan fingerprint density at radius 3 is 1.57 bits per heavy atom. The van der Waals surface area contributed by atoms with Crippen molar-refractivity contribution in [1.29, 1.82) is 0 Å². The predicted molar refractivity (Wildman–Crippen MR) is 239 cm³/mol. The summed E-state index contributed by atoms with van der Waals surface area (Å²) >= 11 is 3.85. The highest BCUT2D eigenvalue weighted by Crippen LogP contribution is 2.50. The Hall–Kier alpha value is -6.32. The SMILES string of the molecule is c1ccc(-c2ccc(-c3c4ccccc4c(-c4ccc5sc6c(ccc7sc8ccc9ccccc9c8c76)c5c4)c4ccccc34)c3ccccc23)cc1. The van der Waals surface area contributed by atoms with Crippen molar-refractivity contribution in [2.45, 2.75) is 0 Å². The van der Waals surface area contributed by atoms with Crippen LogP contribution in [0.1, 0.15) is 0 Å². The van der Waals surface area contributed by atoms with Gasteiger partial charge in [0, 0.05) is 40.3 Å². The lowest BCUT2D eigenvalue weighted by Crippen LogP contribution is -1.92. The first kappa shape index (κ1) is 30.2. The minimum Gasteiger partial charge on any atom is -0.135 e. The van der Waals surface area contributed by atoms with Crippen LogP contribution in [0.15, 0.2) is 182 Å². The van der Waals surface area contributed by atoms with Crippen molar-refractivity contribution in [3.8, 4) is 33.4 Å². The molecule has 250 valence electrons. The molecular formula is C52H30S2. The zero-order valence-electron chi connectivity index (χ0n) is 29.1. The second-order valence-electron chi connectivity index (χ2n) is 14.3. The van der Waals surface area contributed by atoms with Crippen molar-refractivity contribution in [3.63, 3.8) is 0 Å². The third-order valence-electron chi connectivity index (χ3n) is 11.5. The first-order valence-electron chi connectivity index (χ1n) is 18.5. The van der Waals surface area contributed by atoms with Crippen LogP contribution < -0.4 is 0 Å². The number of rotatable bonds is 3. The first-order chi connectivity index (χ1) is 26.8. The van der Waals surface area contributed by atoms with E-state index in [1.54, 1.807) is 0 Å². The molecule has 0 atom stereocenters. The minimum atomic E-state index is 1.24. The molecule has 10 aromatic carbocycles. The van der Waals surface area contributed by atoms with E-state index < -0.39 is 0 Å². The van der Waals surface area contributed by atoms with E-state index in [0.29, 0.717) is 0 Å². The fourth-order valence-corrected chi connectivity index (χ4v) is 11.6. The monoisotopic (exact) mass is 718 g/mol. The van der Waals surface area contributed by atoms with Crippen LogP contribution >= 0.6 is 22.7 Å². The van der Waals surface area contributed by atoms with Crippen LogP contribution in [0.3, 0.4) is 0 Å². The quantitative estimate of drug-likeness (QED) is 0.160. The number of thiophene rings is 2. The molecule has 2 aromatic heterocycles. The summed E-state index contributed by atoms with van der Waals surface area (Å²) in [4.78, 5) is 0. The molecule has 0 radical (unpaired) electrons. The topological polar surface area (TPSA) is 0 Å². The van der Waals surface area contributed by atoms with Gasteiger partial charge >= 0.3 is 0 Å². The van der Waals surface area contributed by atoms with Gasteiger partial charge in [-0.15, -0.1) is 22.7 Å². The highest BCUT2D eigenvalue weighted by atomic mass is 32.1. The smallest absolute Gasteiger partial charge is 0.0448 e. The van der Waals surface area contributed by atoms with Crippen molar-refractivity contribution < 1.29 is 0 Å². The van der Waals surface area contributed by atoms with Crippen LogP contribution in [0.2, 0.25) is 0 Å². The number of hydrogen-bond donors (Lipinski definition) is 0. The maximum absolute atomic E-state index is 2.46. The highest BCUT2D eigenvalue weighted by molar-refractivity contribution is 7.30. The summed E-state index contributed by atoms with van der Waals surface area (Å²) in [6.45, 7) is 0. The van der Waals surface area contributed by atoms with Gasteiger partial charge in [0.05, 0.1) is 0 Å². The van der Waals surface area contributed by atoms with Crippen LogP contribution in [0.25, 0.3) is 117 Å². The van der Waals surface area contributed by atoms with E-state index in [0.717, 1.165) is 0 Å². The van der Waals surface area contributed by atoms with Crippen LogP contribution in [0, 0.1) is 0 Å². The van der Waals surface area contributed by atoms with Crippen molar-refractivity contribution in [2.24, 2.45) is 0 Å². The van der Waals surface area contributed by atoms with Gasteiger partial charge in [0.1, 0.15) is 0 Å². The van der Waals surface area contributed by atoms with Gasteiger partial charge in [-0.3, -0.25) is 0 Å². The third-order valence-corrected chi connectivity index (χ3v) is 13.8. The summed E-state index contributed by atoms with van der Waals surface area (Å²) in [7, 11) is 0. The molecule has 0 spiro atoms. The molecule has 0 fully saturated rings. The molecule has 2 heterocycles. The van der Waals surface area contributed by atoms with Gasteiger partial charge in [-0.1, -0.05) is 158 Å². The van der Waals surface area contributed by atoms with Gasteiger partial charge in [0.15, 0.2) is 0 Å². The van der Waals surface area contributed by atoms with Crippen molar-refractivity contribution in [2.75, 3.05) is 0 Å². The lowest BCUT2D eigenvalue weighted by atomic mass is 9.83. The zero-order chi connectivity index (χ0) is 35.3. The van der Waals surface area contributed by atoms with E-state index in [4.69, 9.17) is 0 Å². The standard InChI is InChI=1S/C52H30S2/c1-2-12-31(13-3-1)34-24-25-42(37-17-7-6-16-36(34)37)49-40-20-10-8-18-38(40)48(39-19-9-11-21-41(39)49)33-23-27-45-44(30-33)43-26-29-47-51(52(43)54-45)50-35-15-5-4-14-32(35)22-28-46(50)53-47/h1-30H. The summed E-state index contributed by atoms with van der Waals surface area (Å²) in [5.41, 5.74) is 7.61. The van der Waals surface area contributed by atoms with Crippen molar-refractivity contribution >= 4 is 106 Å². The molecule has 0 aliphatic heterocycles. The molecule has 0 aliphatic carbocycles. The van der Waals surface area contributed by atoms with Crippen LogP contribution in [0.5, 0.6) is 0 Å². The molecule has 0 saturated heterocycles. The number of hydrogen-bond acceptors (Lipinski definition) is 2. The van der Waals surface area contributed by atoms with E-state index in [1.807, 2.05) is 22.7 Å². The summed E-state index contributed by atoms with van der Waals surface area (Å²) < 4.78 is 5.43. The van der Waals surface area contributed by atoms with E-state index in [2.05, 4.69) is 182 Å². The van der Waals surface area contributed by atoms with E-state index in [-0.39, 0.29) is 0 Å². The van der Waals surface area contributed by atoms with E-state index in [1.165, 1.54) is 117 Å². The fourth-order valence-electron chi connectivity index (χ4n) is 9.13. The molecule has 12 aromatic rings. The predicted octanol–water partition coefficient (Wildman–Crippen LogP) is 16.0. The molecule has 0 N–H and O–H groups in total. The molecule has 0 aliphatic rings. The Morgan fingerprint density at radius 1 is 0.278 bits per heavy atom. The lowest BCUT2D eigenvalue weighted by Gasteiger charge is -2.19. The van der Waals surface area contributed by atoms with E-state index in [9.17, 15) is 0 Å². The maximum atomic E-state index is 2.46. The van der Waals surface area contributed by atoms with Crippen molar-refractivity contribution in [3.05, 3.63) is 182 Å². The molecule has 0 saturated carbocycles. The first-order valence-corrected chi connectivity index (χ1v) is 20.1.